The highest BCUT2D eigenvalue weighted by Gasteiger charge is 2.27. The monoisotopic (exact) mass is 280 g/mol. The molecule has 0 aliphatic carbocycles. The Labute approximate surface area is 117 Å². The summed E-state index contributed by atoms with van der Waals surface area (Å²) in [6.45, 7) is 5.12. The fourth-order valence-electron chi connectivity index (χ4n) is 1.44. The minimum atomic E-state index is -1.09. The molecule has 1 aromatic rings. The molecule has 0 saturated heterocycles. The largest absolute Gasteiger partial charge is 0.480 e. The number of nitrogens with two attached hydrogens (primary N) is 1. The van der Waals surface area contributed by atoms with Crippen molar-refractivity contribution in [1.82, 2.24) is 0 Å². The first-order valence-electron chi connectivity index (χ1n) is 6.22. The molecule has 110 valence electrons. The number of hydrogen-bond donors (Lipinski definition) is 3. The Hall–Kier alpha value is -2.08. The number of benzene rings is 1. The number of para-hydroxylation sites is 2. The predicted molar refractivity (Wildman–Crippen MR) is 75.6 cm³/mol. The van der Waals surface area contributed by atoms with Crippen LogP contribution in [0.25, 0.3) is 0 Å². The van der Waals surface area contributed by atoms with Gasteiger partial charge in [-0.05, 0) is 17.5 Å². The minimum absolute atomic E-state index is 0.296. The van der Waals surface area contributed by atoms with Gasteiger partial charge < -0.3 is 20.9 Å². The number of nitrogens with one attached hydrogen (secondary N) is 1. The van der Waals surface area contributed by atoms with Crippen LogP contribution in [0.15, 0.2) is 24.3 Å². The summed E-state index contributed by atoms with van der Waals surface area (Å²) < 4.78 is 5.11. The molecule has 0 unspecified atom stereocenters. The number of anilines is 1. The van der Waals surface area contributed by atoms with Crippen molar-refractivity contribution in [1.29, 1.82) is 0 Å². The lowest BCUT2D eigenvalue weighted by molar-refractivity contribution is -0.139. The number of hydrogen-bond acceptors (Lipinski definition) is 4. The van der Waals surface area contributed by atoms with Gasteiger partial charge in [-0.25, -0.2) is 4.79 Å². The van der Waals surface area contributed by atoms with E-state index >= 15 is 0 Å². The molecule has 6 nitrogen and oxygen atoms in total. The van der Waals surface area contributed by atoms with Crippen molar-refractivity contribution < 1.29 is 19.4 Å². The van der Waals surface area contributed by atoms with Crippen molar-refractivity contribution in [2.45, 2.75) is 26.8 Å². The van der Waals surface area contributed by atoms with Gasteiger partial charge in [0.15, 0.2) is 6.61 Å². The fraction of sp³-hybridized carbons (Fsp3) is 0.429. The van der Waals surface area contributed by atoms with Crippen molar-refractivity contribution >= 4 is 17.6 Å². The Bertz CT molecular complexity index is 494. The second kappa shape index (κ2) is 6.38. The van der Waals surface area contributed by atoms with Crippen molar-refractivity contribution in [3.8, 4) is 5.75 Å². The second-order valence-electron chi connectivity index (χ2n) is 5.51. The van der Waals surface area contributed by atoms with E-state index in [0.29, 0.717) is 11.4 Å². The molecule has 1 atom stereocenters. The highest BCUT2D eigenvalue weighted by Crippen LogP contribution is 2.25. The molecule has 4 N–H and O–H groups in total. The van der Waals surface area contributed by atoms with E-state index < -0.39 is 18.6 Å². The van der Waals surface area contributed by atoms with Crippen molar-refractivity contribution in [3.05, 3.63) is 24.3 Å². The van der Waals surface area contributed by atoms with Gasteiger partial charge in [-0.1, -0.05) is 32.9 Å². The third kappa shape index (κ3) is 4.55. The van der Waals surface area contributed by atoms with Gasteiger partial charge in [0.2, 0.25) is 5.91 Å². The molecule has 0 saturated carbocycles. The van der Waals surface area contributed by atoms with Crippen LogP contribution in [0.4, 0.5) is 5.69 Å². The van der Waals surface area contributed by atoms with Gasteiger partial charge in [-0.15, -0.1) is 0 Å². The maximum atomic E-state index is 12.0. The van der Waals surface area contributed by atoms with Crippen molar-refractivity contribution in [3.63, 3.8) is 0 Å². The van der Waals surface area contributed by atoms with E-state index in [-0.39, 0.29) is 11.3 Å². The van der Waals surface area contributed by atoms with Crippen LogP contribution in [0.3, 0.4) is 0 Å². The zero-order valence-corrected chi connectivity index (χ0v) is 11.8. The van der Waals surface area contributed by atoms with Crippen molar-refractivity contribution in [2.75, 3.05) is 11.9 Å². The zero-order chi connectivity index (χ0) is 15.3. The number of rotatable bonds is 5. The Morgan fingerprint density at radius 2 is 1.95 bits per heavy atom. The normalized spacial score (nSPS) is 12.6. The predicted octanol–water partition coefficient (Wildman–Crippen LogP) is 1.46. The summed E-state index contributed by atoms with van der Waals surface area (Å²) in [5.41, 5.74) is 5.89. The van der Waals surface area contributed by atoms with Gasteiger partial charge in [0, 0.05) is 0 Å². The van der Waals surface area contributed by atoms with E-state index in [9.17, 15) is 9.59 Å². The molecule has 0 spiro atoms. The molecule has 0 aliphatic heterocycles. The number of carboxylic acid groups (broad SMARTS) is 1. The molecule has 1 rings (SSSR count). The standard InChI is InChI=1S/C14H20N2O4/c1-14(2,3)12(15)13(19)16-9-6-4-5-7-10(9)20-8-11(17)18/h4-7,12H,8,15H2,1-3H3,(H,16,19)(H,17,18)/t12-/m0/s1. The SMILES string of the molecule is CC(C)(C)[C@@H](N)C(=O)Nc1ccccc1OCC(=O)O. The van der Waals surface area contributed by atoms with E-state index in [4.69, 9.17) is 15.6 Å². The molecule has 0 fully saturated rings. The van der Waals surface area contributed by atoms with E-state index in [0.717, 1.165) is 0 Å². The molecular formula is C14H20N2O4. The number of aliphatic carboxylic acids is 1. The van der Waals surface area contributed by atoms with Gasteiger partial charge in [0.1, 0.15) is 5.75 Å². The first kappa shape index (κ1) is 16.0. The van der Waals surface area contributed by atoms with Crippen LogP contribution in [-0.4, -0.2) is 29.6 Å². The van der Waals surface area contributed by atoms with Crippen LogP contribution in [0.1, 0.15) is 20.8 Å². The highest BCUT2D eigenvalue weighted by molar-refractivity contribution is 5.96. The summed E-state index contributed by atoms with van der Waals surface area (Å²) in [6.07, 6.45) is 0. The fourth-order valence-corrected chi connectivity index (χ4v) is 1.44. The quantitative estimate of drug-likeness (QED) is 0.758. The lowest BCUT2D eigenvalue weighted by atomic mass is 9.87. The average molecular weight is 280 g/mol. The topological polar surface area (TPSA) is 102 Å². The summed E-state index contributed by atoms with van der Waals surface area (Å²) in [6, 6.07) is 5.93. The molecule has 20 heavy (non-hydrogen) atoms. The van der Waals surface area contributed by atoms with E-state index in [1.807, 2.05) is 20.8 Å². The third-order valence-corrected chi connectivity index (χ3v) is 2.71. The zero-order valence-electron chi connectivity index (χ0n) is 11.8. The Morgan fingerprint density at radius 1 is 1.35 bits per heavy atom. The first-order valence-corrected chi connectivity index (χ1v) is 6.22. The minimum Gasteiger partial charge on any atom is -0.480 e. The average Bonchev–Trinajstić information content (AvgIpc) is 2.35. The number of carboxylic acids is 1. The van der Waals surface area contributed by atoms with Crippen LogP contribution in [-0.2, 0) is 9.59 Å². The van der Waals surface area contributed by atoms with E-state index in [1.165, 1.54) is 0 Å². The molecule has 0 aromatic heterocycles. The van der Waals surface area contributed by atoms with Gasteiger partial charge >= 0.3 is 5.97 Å². The summed E-state index contributed by atoms with van der Waals surface area (Å²) in [4.78, 5) is 22.6. The van der Waals surface area contributed by atoms with Gasteiger partial charge in [-0.2, -0.15) is 0 Å². The van der Waals surface area contributed by atoms with Crippen LogP contribution >= 0.6 is 0 Å². The van der Waals surface area contributed by atoms with Crippen LogP contribution in [0.2, 0.25) is 0 Å². The Morgan fingerprint density at radius 3 is 2.50 bits per heavy atom. The molecule has 1 aromatic carbocycles. The van der Waals surface area contributed by atoms with Crippen LogP contribution in [0.5, 0.6) is 5.75 Å². The van der Waals surface area contributed by atoms with Crippen LogP contribution in [0, 0.1) is 5.41 Å². The number of amides is 1. The highest BCUT2D eigenvalue weighted by atomic mass is 16.5. The summed E-state index contributed by atoms with van der Waals surface area (Å²) in [5, 5.41) is 11.3. The summed E-state index contributed by atoms with van der Waals surface area (Å²) in [5.74, 6) is -1.13. The smallest absolute Gasteiger partial charge is 0.341 e. The maximum absolute atomic E-state index is 12.0. The maximum Gasteiger partial charge on any atom is 0.341 e. The first-order chi connectivity index (χ1) is 9.21. The molecule has 0 heterocycles. The van der Waals surface area contributed by atoms with E-state index in [2.05, 4.69) is 5.32 Å². The molecule has 0 aliphatic rings. The lowest BCUT2D eigenvalue weighted by Gasteiger charge is -2.26. The lowest BCUT2D eigenvalue weighted by Crippen LogP contribution is -2.45. The van der Waals surface area contributed by atoms with Gasteiger partial charge in [-0.3, -0.25) is 4.79 Å². The Kier molecular flexibility index (Phi) is 5.10. The number of ether oxygens (including phenoxy) is 1. The molecule has 0 radical (unpaired) electrons. The van der Waals surface area contributed by atoms with Gasteiger partial charge in [0.05, 0.1) is 11.7 Å². The van der Waals surface area contributed by atoms with E-state index in [1.54, 1.807) is 24.3 Å². The van der Waals surface area contributed by atoms with Crippen LogP contribution < -0.4 is 15.8 Å². The summed E-state index contributed by atoms with van der Waals surface area (Å²) >= 11 is 0. The molecule has 0 bridgehead atoms. The molecule has 6 heteroatoms. The molecular weight excluding hydrogens is 260 g/mol. The molecule has 1 amide bonds. The third-order valence-electron chi connectivity index (χ3n) is 2.71. The number of carbonyl (C=O) groups is 2. The summed E-state index contributed by atoms with van der Waals surface area (Å²) in [7, 11) is 0. The number of carbonyl (C=O) groups excluding carboxylic acids is 1. The second-order valence-corrected chi connectivity index (χ2v) is 5.51. The Balaban J connectivity index is 2.82. The van der Waals surface area contributed by atoms with Crippen molar-refractivity contribution in [2.24, 2.45) is 11.1 Å². The van der Waals surface area contributed by atoms with Gasteiger partial charge in [0.25, 0.3) is 0 Å².